The van der Waals surface area contributed by atoms with Crippen molar-refractivity contribution in [1.82, 2.24) is 9.97 Å². The number of halogens is 3. The molecule has 2 aromatic rings. The third kappa shape index (κ3) is 2.70. The van der Waals surface area contributed by atoms with Gasteiger partial charge in [0.05, 0.1) is 13.7 Å². The highest BCUT2D eigenvalue weighted by Crippen LogP contribution is 2.35. The van der Waals surface area contributed by atoms with Gasteiger partial charge in [-0.25, -0.2) is 9.97 Å². The minimum absolute atomic E-state index is 0.0756. The minimum atomic E-state index is -4.51. The molecule has 7 heteroatoms. The Bertz CT molecular complexity index is 702. The summed E-state index contributed by atoms with van der Waals surface area (Å²) in [6, 6.07) is 4.14. The summed E-state index contributed by atoms with van der Waals surface area (Å²) < 4.78 is 48.6. The summed E-state index contributed by atoms with van der Waals surface area (Å²) >= 11 is 0. The van der Waals surface area contributed by atoms with Crippen molar-refractivity contribution >= 4 is 0 Å². The molecule has 0 saturated heterocycles. The molecule has 0 aliphatic carbocycles. The van der Waals surface area contributed by atoms with Gasteiger partial charge >= 0.3 is 6.18 Å². The van der Waals surface area contributed by atoms with Gasteiger partial charge in [-0.05, 0) is 31.0 Å². The van der Waals surface area contributed by atoms with Crippen LogP contribution in [0.4, 0.5) is 13.2 Å². The van der Waals surface area contributed by atoms with E-state index in [0.717, 1.165) is 24.5 Å². The maximum atomic E-state index is 12.7. The number of ether oxygens (including phenoxy) is 2. The molecular weight excluding hydrogens is 297 g/mol. The number of hydrogen-bond donors (Lipinski definition) is 0. The first-order chi connectivity index (χ1) is 10.5. The Morgan fingerprint density at radius 3 is 2.82 bits per heavy atom. The Balaban J connectivity index is 2.04. The fourth-order valence-electron chi connectivity index (χ4n) is 2.36. The van der Waals surface area contributed by atoms with Crippen molar-refractivity contribution in [2.75, 3.05) is 13.7 Å². The summed E-state index contributed by atoms with van der Waals surface area (Å²) in [7, 11) is 1.29. The molecule has 0 saturated carbocycles. The van der Waals surface area contributed by atoms with Gasteiger partial charge in [0.25, 0.3) is 0 Å². The van der Waals surface area contributed by atoms with Gasteiger partial charge in [-0.15, -0.1) is 0 Å². The van der Waals surface area contributed by atoms with E-state index in [1.54, 1.807) is 6.20 Å². The first-order valence-corrected chi connectivity index (χ1v) is 6.73. The molecule has 0 amide bonds. The predicted molar refractivity (Wildman–Crippen MR) is 72.8 cm³/mol. The first-order valence-electron chi connectivity index (χ1n) is 6.73. The van der Waals surface area contributed by atoms with E-state index in [4.69, 9.17) is 9.47 Å². The van der Waals surface area contributed by atoms with Crippen molar-refractivity contribution in [2.24, 2.45) is 0 Å². The molecular formula is C15H13F3N2O2. The zero-order valence-electron chi connectivity index (χ0n) is 11.8. The summed E-state index contributed by atoms with van der Waals surface area (Å²) in [5.74, 6) is 0.502. The second-order valence-electron chi connectivity index (χ2n) is 4.89. The largest absolute Gasteiger partial charge is 0.481 e. The Labute approximate surface area is 124 Å². The molecule has 2 aromatic heterocycles. The van der Waals surface area contributed by atoms with Crippen LogP contribution in [-0.4, -0.2) is 23.7 Å². The highest BCUT2D eigenvalue weighted by Gasteiger charge is 2.33. The second-order valence-corrected chi connectivity index (χ2v) is 4.89. The molecule has 0 aromatic carbocycles. The van der Waals surface area contributed by atoms with E-state index >= 15 is 0 Å². The van der Waals surface area contributed by atoms with Gasteiger partial charge in [-0.3, -0.25) is 0 Å². The fraction of sp³-hybridized carbons (Fsp3) is 0.333. The summed E-state index contributed by atoms with van der Waals surface area (Å²) in [4.78, 5) is 7.76. The number of aromatic nitrogens is 2. The van der Waals surface area contributed by atoms with E-state index in [1.807, 2.05) is 6.07 Å². The topological polar surface area (TPSA) is 44.2 Å². The van der Waals surface area contributed by atoms with Gasteiger partial charge in [-0.2, -0.15) is 13.2 Å². The molecule has 0 unspecified atom stereocenters. The van der Waals surface area contributed by atoms with E-state index in [1.165, 1.54) is 13.2 Å². The molecule has 3 rings (SSSR count). The molecule has 1 aliphatic heterocycles. The van der Waals surface area contributed by atoms with Crippen LogP contribution in [0, 0.1) is 0 Å². The molecule has 22 heavy (non-hydrogen) atoms. The molecule has 4 nitrogen and oxygen atoms in total. The number of rotatable bonds is 2. The summed E-state index contributed by atoms with van der Waals surface area (Å²) in [6.45, 7) is 0.629. The van der Waals surface area contributed by atoms with Crippen molar-refractivity contribution in [3.8, 4) is 22.9 Å². The van der Waals surface area contributed by atoms with Crippen molar-refractivity contribution < 1.29 is 22.6 Å². The van der Waals surface area contributed by atoms with Crippen molar-refractivity contribution in [2.45, 2.75) is 19.0 Å². The Morgan fingerprint density at radius 1 is 1.27 bits per heavy atom. The van der Waals surface area contributed by atoms with Crippen LogP contribution in [-0.2, 0) is 12.6 Å². The van der Waals surface area contributed by atoms with Crippen LogP contribution in [0.25, 0.3) is 11.1 Å². The monoisotopic (exact) mass is 310 g/mol. The quantitative estimate of drug-likeness (QED) is 0.851. The third-order valence-corrected chi connectivity index (χ3v) is 3.41. The first kappa shape index (κ1) is 14.6. The number of hydrogen-bond acceptors (Lipinski definition) is 4. The van der Waals surface area contributed by atoms with Gasteiger partial charge in [0, 0.05) is 22.9 Å². The van der Waals surface area contributed by atoms with Crippen molar-refractivity contribution in [3.05, 3.63) is 35.7 Å². The molecule has 0 radical (unpaired) electrons. The van der Waals surface area contributed by atoms with Gasteiger partial charge in [0.2, 0.25) is 11.8 Å². The Hall–Kier alpha value is -2.31. The average Bonchev–Trinajstić information content (AvgIpc) is 2.53. The molecule has 0 spiro atoms. The van der Waals surface area contributed by atoms with Crippen molar-refractivity contribution in [3.63, 3.8) is 0 Å². The second kappa shape index (κ2) is 5.47. The molecule has 0 fully saturated rings. The van der Waals surface area contributed by atoms with E-state index in [9.17, 15) is 13.2 Å². The molecule has 0 bridgehead atoms. The van der Waals surface area contributed by atoms with Gasteiger partial charge in [-0.1, -0.05) is 0 Å². The van der Waals surface area contributed by atoms with E-state index < -0.39 is 11.9 Å². The van der Waals surface area contributed by atoms with Crippen LogP contribution in [0.5, 0.6) is 11.8 Å². The summed E-state index contributed by atoms with van der Waals surface area (Å²) in [5.41, 5.74) is 1.08. The fourth-order valence-corrected chi connectivity index (χ4v) is 2.36. The molecule has 0 N–H and O–H groups in total. The van der Waals surface area contributed by atoms with Gasteiger partial charge in [0.1, 0.15) is 5.69 Å². The smallest absolute Gasteiger partial charge is 0.433 e. The average molecular weight is 310 g/mol. The maximum absolute atomic E-state index is 12.7. The van der Waals surface area contributed by atoms with Crippen molar-refractivity contribution in [1.29, 1.82) is 0 Å². The lowest BCUT2D eigenvalue weighted by molar-refractivity contribution is -0.141. The highest BCUT2D eigenvalue weighted by molar-refractivity contribution is 5.69. The zero-order chi connectivity index (χ0) is 15.7. The lowest BCUT2D eigenvalue weighted by atomic mass is 10.0. The molecule has 116 valence electrons. The van der Waals surface area contributed by atoms with E-state index in [-0.39, 0.29) is 5.88 Å². The highest BCUT2D eigenvalue weighted by atomic mass is 19.4. The van der Waals surface area contributed by atoms with Crippen LogP contribution >= 0.6 is 0 Å². The van der Waals surface area contributed by atoms with Gasteiger partial charge < -0.3 is 9.47 Å². The van der Waals surface area contributed by atoms with E-state index in [0.29, 0.717) is 23.6 Å². The number of methoxy groups -OCH3 is 1. The number of pyridine rings is 2. The molecule has 0 atom stereocenters. The van der Waals surface area contributed by atoms with E-state index in [2.05, 4.69) is 9.97 Å². The molecule has 3 heterocycles. The summed E-state index contributed by atoms with van der Waals surface area (Å²) in [6.07, 6.45) is -1.24. The third-order valence-electron chi connectivity index (χ3n) is 3.41. The molecule has 1 aliphatic rings. The SMILES string of the molecule is COc1nc(C(F)(F)F)ccc1-c1cnc2c(c1)CCCO2. The van der Waals surface area contributed by atoms with Gasteiger partial charge in [0.15, 0.2) is 0 Å². The van der Waals surface area contributed by atoms with Crippen LogP contribution in [0.3, 0.4) is 0 Å². The number of fused-ring (bicyclic) bond motifs is 1. The number of aryl methyl sites for hydroxylation is 1. The van der Waals surface area contributed by atoms with Crippen LogP contribution in [0.1, 0.15) is 17.7 Å². The number of alkyl halides is 3. The lowest BCUT2D eigenvalue weighted by Crippen LogP contribution is -2.10. The maximum Gasteiger partial charge on any atom is 0.433 e. The Kier molecular flexibility index (Phi) is 3.64. The predicted octanol–water partition coefficient (Wildman–Crippen LogP) is 3.50. The van der Waals surface area contributed by atoms with Crippen LogP contribution in [0.15, 0.2) is 24.4 Å². The standard InChI is InChI=1S/C15H13F3N2O2/c1-21-14-11(4-5-12(20-14)15(16,17)18)10-7-9-3-2-6-22-13(9)19-8-10/h4-5,7-8H,2-3,6H2,1H3. The van der Waals surface area contributed by atoms with Crippen LogP contribution < -0.4 is 9.47 Å². The lowest BCUT2D eigenvalue weighted by Gasteiger charge is -2.17. The Morgan fingerprint density at radius 2 is 2.09 bits per heavy atom. The van der Waals surface area contributed by atoms with Crippen LogP contribution in [0.2, 0.25) is 0 Å². The summed E-state index contributed by atoms with van der Waals surface area (Å²) in [5, 5.41) is 0. The number of nitrogens with zero attached hydrogens (tertiary/aromatic N) is 2. The minimum Gasteiger partial charge on any atom is -0.481 e. The normalized spacial score (nSPS) is 14.2. The zero-order valence-corrected chi connectivity index (χ0v) is 11.8.